The van der Waals surface area contributed by atoms with E-state index < -0.39 is 59.8 Å². The van der Waals surface area contributed by atoms with Crippen molar-refractivity contribution in [2.45, 2.75) is 174 Å². The van der Waals surface area contributed by atoms with Gasteiger partial charge in [-0.25, -0.2) is 4.79 Å². The van der Waals surface area contributed by atoms with Crippen molar-refractivity contribution in [3.8, 4) is 11.8 Å². The van der Waals surface area contributed by atoms with Crippen molar-refractivity contribution >= 4 is 23.4 Å². The minimum atomic E-state index is -2.46. The Kier molecular flexibility index (Phi) is 18.2. The Morgan fingerprint density at radius 1 is 1.02 bits per heavy atom. The van der Waals surface area contributed by atoms with Crippen LogP contribution in [0.25, 0.3) is 0 Å². The van der Waals surface area contributed by atoms with Crippen LogP contribution in [-0.2, 0) is 42.9 Å². The van der Waals surface area contributed by atoms with Gasteiger partial charge in [0.2, 0.25) is 5.79 Å². The molecule has 3 N–H and O–H groups in total. The van der Waals surface area contributed by atoms with Gasteiger partial charge in [0.15, 0.2) is 0 Å². The van der Waals surface area contributed by atoms with Crippen molar-refractivity contribution in [1.82, 2.24) is 4.90 Å². The van der Waals surface area contributed by atoms with Gasteiger partial charge in [-0.05, 0) is 115 Å². The molecule has 4 rings (SSSR count). The largest absolute Gasteiger partial charge is 0.456 e. The molecule has 2 saturated heterocycles. The summed E-state index contributed by atoms with van der Waals surface area (Å²) in [6, 6.07) is -1.14. The third-order valence-corrected chi connectivity index (χ3v) is 13.1. The van der Waals surface area contributed by atoms with Crippen molar-refractivity contribution in [3.05, 3.63) is 23.3 Å². The highest BCUT2D eigenvalue weighted by Gasteiger charge is 2.56. The van der Waals surface area contributed by atoms with Crippen molar-refractivity contribution in [1.29, 1.82) is 0 Å². The fraction of sp³-hybridized carbons (Fsp3) is 0.783. The summed E-state index contributed by atoms with van der Waals surface area (Å²) in [4.78, 5) is 57.9. The van der Waals surface area contributed by atoms with E-state index in [1.165, 1.54) is 4.90 Å². The Bertz CT molecular complexity index is 1550. The maximum atomic E-state index is 14.4. The Morgan fingerprint density at radius 3 is 2.40 bits per heavy atom. The fourth-order valence-corrected chi connectivity index (χ4v) is 9.59. The van der Waals surface area contributed by atoms with Gasteiger partial charge in [-0.2, -0.15) is 0 Å². The summed E-state index contributed by atoms with van der Waals surface area (Å²) in [7, 11) is 3.11. The van der Waals surface area contributed by atoms with Gasteiger partial charge in [-0.15, -0.1) is 5.92 Å². The summed E-state index contributed by atoms with van der Waals surface area (Å²) in [6.07, 6.45) is 8.23. The highest BCUT2D eigenvalue weighted by molar-refractivity contribution is 6.39. The molecular weight excluding hydrogens is 741 g/mol. The molecule has 2 bridgehead atoms. The molecule has 12 nitrogen and oxygen atoms in total. The lowest BCUT2D eigenvalue weighted by atomic mass is 9.81. The van der Waals surface area contributed by atoms with Crippen LogP contribution in [0.3, 0.4) is 0 Å². The first-order valence-corrected chi connectivity index (χ1v) is 21.7. The van der Waals surface area contributed by atoms with Gasteiger partial charge in [0, 0.05) is 45.1 Å². The van der Waals surface area contributed by atoms with E-state index in [1.807, 2.05) is 27.7 Å². The first kappa shape index (κ1) is 47.8. The number of esters is 1. The Labute approximate surface area is 347 Å². The topological polar surface area (TPSA) is 164 Å². The van der Waals surface area contributed by atoms with Gasteiger partial charge in [0.05, 0.1) is 18.3 Å². The van der Waals surface area contributed by atoms with Crippen LogP contribution >= 0.6 is 0 Å². The Balaban J connectivity index is 1.72. The highest BCUT2D eigenvalue weighted by Crippen LogP contribution is 2.39. The first-order chi connectivity index (χ1) is 27.6. The summed E-state index contributed by atoms with van der Waals surface area (Å²) >= 11 is 0. The van der Waals surface area contributed by atoms with Gasteiger partial charge < -0.3 is 39.4 Å². The second kappa shape index (κ2) is 22.1. The third-order valence-electron chi connectivity index (χ3n) is 13.1. The number of methoxy groups -OCH3 is 2. The molecule has 0 aromatic rings. The number of fused-ring (bicyclic) bond motifs is 3. The third kappa shape index (κ3) is 11.9. The second-order valence-corrected chi connectivity index (χ2v) is 17.6. The molecule has 3 heterocycles. The predicted molar refractivity (Wildman–Crippen MR) is 221 cm³/mol. The van der Waals surface area contributed by atoms with Gasteiger partial charge in [-0.3, -0.25) is 14.4 Å². The molecular formula is C46H72N2O10. The standard InChI is InChI=1S/C46H72N2O10/c1-10-12-21-56-38-27-33(17-18-35(38)47)25-31(6)41-30(5)16-19-37(49)34(11-2)23-28(3)22-29(4)24-39(54-8)42-40(55-9)26-32(7)46(53,58-42)43(50)44(51)48-20-14-13-15-36(48)45(52)57-41/h23,25,29-30,32-36,38-42,53H,11,13-22,24,26-27,47H2,1-9H3/b28-23+,31-25?. The molecule has 0 radical (unpaired) electrons. The molecule has 58 heavy (non-hydrogen) atoms. The molecule has 0 aromatic heterocycles. The number of carbonyl (C=O) groups is 4. The minimum absolute atomic E-state index is 0.0911. The number of amides is 1. The van der Waals surface area contributed by atoms with Crippen LogP contribution in [0.1, 0.15) is 126 Å². The second-order valence-electron chi connectivity index (χ2n) is 17.6. The van der Waals surface area contributed by atoms with Crippen LogP contribution in [0.5, 0.6) is 0 Å². The van der Waals surface area contributed by atoms with Crippen molar-refractivity contribution in [3.63, 3.8) is 0 Å². The highest BCUT2D eigenvalue weighted by atomic mass is 16.7. The fourth-order valence-electron chi connectivity index (χ4n) is 9.59. The van der Waals surface area contributed by atoms with E-state index in [9.17, 15) is 24.3 Å². The van der Waals surface area contributed by atoms with Crippen molar-refractivity contribution < 1.29 is 48.0 Å². The van der Waals surface area contributed by atoms with E-state index >= 15 is 0 Å². The SMILES string of the molecule is CC#CCOC1CC(C=C(C)C2OC(=O)C3CCCCN3C(=O)C(=O)C3(O)OC(C(OC)CC(C)C/C(C)=C/C(CC)C(=O)CCC2C)C(OC)CC3C)CCC1N. The lowest BCUT2D eigenvalue weighted by Crippen LogP contribution is -2.64. The van der Waals surface area contributed by atoms with Gasteiger partial charge in [-0.1, -0.05) is 51.3 Å². The average molecular weight is 813 g/mol. The number of hydrogen-bond donors (Lipinski definition) is 2. The van der Waals surface area contributed by atoms with E-state index in [0.29, 0.717) is 64.4 Å². The van der Waals surface area contributed by atoms with E-state index in [4.69, 9.17) is 29.4 Å². The summed E-state index contributed by atoms with van der Waals surface area (Å²) in [6.45, 7) is 14.0. The number of hydrogen-bond acceptors (Lipinski definition) is 11. The number of allylic oxidation sites excluding steroid dienone is 3. The lowest BCUT2D eigenvalue weighted by Gasteiger charge is -2.47. The van der Waals surface area contributed by atoms with Crippen molar-refractivity contribution in [2.75, 3.05) is 27.4 Å². The molecule has 1 amide bonds. The Morgan fingerprint density at radius 2 is 1.72 bits per heavy atom. The molecule has 1 saturated carbocycles. The molecule has 326 valence electrons. The number of nitrogens with two attached hydrogens (primary N) is 1. The average Bonchev–Trinajstić information content (AvgIpc) is 3.20. The normalized spacial score (nSPS) is 39.0. The molecule has 3 fully saturated rings. The monoisotopic (exact) mass is 813 g/mol. The van der Waals surface area contributed by atoms with Crippen LogP contribution < -0.4 is 5.73 Å². The summed E-state index contributed by atoms with van der Waals surface area (Å²) < 4.78 is 30.5. The summed E-state index contributed by atoms with van der Waals surface area (Å²) in [5.41, 5.74) is 8.37. The maximum Gasteiger partial charge on any atom is 0.329 e. The molecule has 13 unspecified atom stereocenters. The van der Waals surface area contributed by atoms with E-state index in [2.05, 4.69) is 30.9 Å². The molecule has 0 spiro atoms. The number of Topliss-reactive ketones (excluding diaryl/α,β-unsaturated/α-hetero) is 2. The van der Waals surface area contributed by atoms with E-state index in [1.54, 1.807) is 28.1 Å². The number of rotatable bonds is 7. The van der Waals surface area contributed by atoms with Crippen LogP contribution in [-0.4, -0.2) is 109 Å². The van der Waals surface area contributed by atoms with Crippen LogP contribution in [0.15, 0.2) is 23.3 Å². The number of ketones is 2. The zero-order chi connectivity index (χ0) is 42.7. The first-order valence-electron chi connectivity index (χ1n) is 21.7. The quantitative estimate of drug-likeness (QED) is 0.137. The molecule has 12 heteroatoms. The van der Waals surface area contributed by atoms with Crippen LogP contribution in [0.2, 0.25) is 0 Å². The number of aliphatic hydroxyl groups is 1. The van der Waals surface area contributed by atoms with Gasteiger partial charge in [0.25, 0.3) is 11.7 Å². The molecule has 4 aliphatic rings. The Hall–Kier alpha value is -2.92. The summed E-state index contributed by atoms with van der Waals surface area (Å²) in [5, 5.41) is 12.1. The number of cyclic esters (lactones) is 1. The molecule has 1 aliphatic carbocycles. The number of carbonyl (C=O) groups excluding carboxylic acids is 4. The molecule has 13 atom stereocenters. The van der Waals surface area contributed by atoms with Crippen LogP contribution in [0.4, 0.5) is 0 Å². The molecule has 3 aliphatic heterocycles. The molecule has 0 aromatic carbocycles. The maximum absolute atomic E-state index is 14.4. The van der Waals surface area contributed by atoms with Crippen LogP contribution in [0, 0.1) is 41.4 Å². The van der Waals surface area contributed by atoms with Gasteiger partial charge >= 0.3 is 5.97 Å². The van der Waals surface area contributed by atoms with Crippen molar-refractivity contribution in [2.24, 2.45) is 35.3 Å². The number of ether oxygens (including phenoxy) is 5. The van der Waals surface area contributed by atoms with E-state index in [-0.39, 0.29) is 54.6 Å². The number of nitrogens with zero attached hydrogens (tertiary/aromatic N) is 1. The lowest BCUT2D eigenvalue weighted by molar-refractivity contribution is -0.302. The zero-order valence-corrected chi connectivity index (χ0v) is 36.6. The predicted octanol–water partition coefficient (Wildman–Crippen LogP) is 5.86. The van der Waals surface area contributed by atoms with E-state index in [0.717, 1.165) is 24.0 Å². The zero-order valence-electron chi connectivity index (χ0n) is 36.6. The minimum Gasteiger partial charge on any atom is -0.456 e. The summed E-state index contributed by atoms with van der Waals surface area (Å²) in [5.74, 6) is -0.291. The smallest absolute Gasteiger partial charge is 0.329 e. The van der Waals surface area contributed by atoms with Gasteiger partial charge in [0.1, 0.15) is 30.6 Å². The number of piperidine rings is 1.